The Bertz CT molecular complexity index is 610. The number of carbonyl (C=O) groups is 2. The first-order valence-electron chi connectivity index (χ1n) is 5.35. The minimum absolute atomic E-state index is 0.143. The molecule has 1 N–H and O–H groups in total. The van der Waals surface area contributed by atoms with Crippen molar-refractivity contribution >= 4 is 44.9 Å². The molecule has 0 saturated heterocycles. The monoisotopic (exact) mass is 341 g/mol. The van der Waals surface area contributed by atoms with Gasteiger partial charge < -0.3 is 9.73 Å². The largest absolute Gasteiger partial charge is 0.461 e. The van der Waals surface area contributed by atoms with Gasteiger partial charge in [-0.2, -0.15) is 0 Å². The summed E-state index contributed by atoms with van der Waals surface area (Å²) in [6.07, 6.45) is 1.41. The fourth-order valence-corrected chi connectivity index (χ4v) is 1.85. The van der Waals surface area contributed by atoms with Crippen LogP contribution in [0, 0.1) is 0 Å². The number of rotatable bonds is 4. The van der Waals surface area contributed by atoms with Crippen LogP contribution in [0.3, 0.4) is 0 Å². The molecule has 0 fully saturated rings. The Morgan fingerprint density at radius 2 is 2.11 bits per heavy atom. The van der Waals surface area contributed by atoms with E-state index in [9.17, 15) is 9.59 Å². The van der Waals surface area contributed by atoms with Crippen LogP contribution in [0.4, 0.5) is 5.69 Å². The number of amides is 1. The predicted octanol–water partition coefficient (Wildman–Crippen LogP) is 3.50. The predicted molar refractivity (Wildman–Crippen MR) is 76.0 cm³/mol. The summed E-state index contributed by atoms with van der Waals surface area (Å²) >= 11 is 8.93. The number of anilines is 1. The number of nitrogens with one attached hydrogen (secondary N) is 1. The van der Waals surface area contributed by atoms with Crippen molar-refractivity contribution in [2.45, 2.75) is 0 Å². The molecule has 0 aliphatic carbocycles. The summed E-state index contributed by atoms with van der Waals surface area (Å²) in [6, 6.07) is 7.85. The lowest BCUT2D eigenvalue weighted by molar-refractivity contribution is -0.113. The Kier molecular flexibility index (Phi) is 4.39. The molecule has 0 saturated carbocycles. The first-order chi connectivity index (χ1) is 9.11. The van der Waals surface area contributed by atoms with Gasteiger partial charge in [-0.15, -0.1) is 0 Å². The summed E-state index contributed by atoms with van der Waals surface area (Å²) in [5.41, 5.74) is 0.687. The fourth-order valence-electron chi connectivity index (χ4n) is 1.54. The number of furan rings is 1. The van der Waals surface area contributed by atoms with Gasteiger partial charge in [-0.3, -0.25) is 9.59 Å². The summed E-state index contributed by atoms with van der Waals surface area (Å²) in [4.78, 5) is 23.6. The van der Waals surface area contributed by atoms with Crippen LogP contribution in [0.25, 0.3) is 0 Å². The highest BCUT2D eigenvalue weighted by molar-refractivity contribution is 9.09. The van der Waals surface area contributed by atoms with Gasteiger partial charge in [0.15, 0.2) is 5.76 Å². The van der Waals surface area contributed by atoms with Crippen LogP contribution >= 0.6 is 27.5 Å². The van der Waals surface area contributed by atoms with Crippen LogP contribution < -0.4 is 5.32 Å². The normalized spacial score (nSPS) is 10.2. The second kappa shape index (κ2) is 6.04. The summed E-state index contributed by atoms with van der Waals surface area (Å²) in [6.45, 7) is 0. The zero-order valence-corrected chi connectivity index (χ0v) is 12.0. The number of benzene rings is 1. The maximum atomic E-state index is 12.2. The quantitative estimate of drug-likeness (QED) is 0.683. The molecule has 0 aliphatic heterocycles. The molecule has 0 spiro atoms. The van der Waals surface area contributed by atoms with Crippen LogP contribution in [-0.4, -0.2) is 17.0 Å². The molecule has 0 unspecified atom stereocenters. The fraction of sp³-hybridized carbons (Fsp3) is 0.0769. The maximum Gasteiger partial charge on any atom is 0.235 e. The third kappa shape index (κ3) is 3.24. The summed E-state index contributed by atoms with van der Waals surface area (Å²) in [7, 11) is 0. The van der Waals surface area contributed by atoms with Gasteiger partial charge in [0.2, 0.25) is 11.7 Å². The van der Waals surface area contributed by atoms with Crippen molar-refractivity contribution in [3.8, 4) is 0 Å². The molecule has 2 aromatic rings. The van der Waals surface area contributed by atoms with Gasteiger partial charge in [-0.25, -0.2) is 0 Å². The Morgan fingerprint density at radius 3 is 2.74 bits per heavy atom. The van der Waals surface area contributed by atoms with Crippen LogP contribution in [-0.2, 0) is 4.79 Å². The number of hydrogen-bond acceptors (Lipinski definition) is 3. The van der Waals surface area contributed by atoms with Gasteiger partial charge in [-0.1, -0.05) is 27.5 Å². The molecule has 1 heterocycles. The van der Waals surface area contributed by atoms with E-state index in [1.807, 2.05) is 0 Å². The van der Waals surface area contributed by atoms with Crippen molar-refractivity contribution < 1.29 is 14.0 Å². The lowest BCUT2D eigenvalue weighted by atomic mass is 10.1. The van der Waals surface area contributed by atoms with E-state index in [0.29, 0.717) is 10.7 Å². The van der Waals surface area contributed by atoms with Gasteiger partial charge >= 0.3 is 0 Å². The number of halogens is 2. The highest BCUT2D eigenvalue weighted by Gasteiger charge is 2.17. The van der Waals surface area contributed by atoms with Crippen molar-refractivity contribution in [3.63, 3.8) is 0 Å². The molecule has 0 atom stereocenters. The smallest absolute Gasteiger partial charge is 0.235 e. The first kappa shape index (κ1) is 13.8. The third-order valence-corrected chi connectivity index (χ3v) is 3.11. The molecule has 98 valence electrons. The number of hydrogen-bond donors (Lipinski definition) is 1. The zero-order valence-electron chi connectivity index (χ0n) is 9.65. The van der Waals surface area contributed by atoms with Crippen molar-refractivity contribution in [3.05, 3.63) is 52.9 Å². The highest BCUT2D eigenvalue weighted by atomic mass is 79.9. The van der Waals surface area contributed by atoms with E-state index in [-0.39, 0.29) is 28.3 Å². The second-order valence-corrected chi connectivity index (χ2v) is 4.68. The summed E-state index contributed by atoms with van der Waals surface area (Å²) in [5.74, 6) is -0.398. The van der Waals surface area contributed by atoms with E-state index in [1.54, 1.807) is 24.3 Å². The molecule has 0 aliphatic rings. The van der Waals surface area contributed by atoms with Crippen molar-refractivity contribution in [2.24, 2.45) is 0 Å². The van der Waals surface area contributed by atoms with E-state index in [0.717, 1.165) is 0 Å². The average molecular weight is 343 g/mol. The molecule has 6 heteroatoms. The maximum absolute atomic E-state index is 12.2. The van der Waals surface area contributed by atoms with Gasteiger partial charge in [0.25, 0.3) is 0 Å². The van der Waals surface area contributed by atoms with E-state index >= 15 is 0 Å². The summed E-state index contributed by atoms with van der Waals surface area (Å²) in [5, 5.41) is 3.18. The lowest BCUT2D eigenvalue weighted by Crippen LogP contribution is -2.15. The Balaban J connectivity index is 2.40. The van der Waals surface area contributed by atoms with Gasteiger partial charge in [0, 0.05) is 5.02 Å². The van der Waals surface area contributed by atoms with Crippen molar-refractivity contribution in [1.82, 2.24) is 0 Å². The number of alkyl halides is 1. The molecule has 0 radical (unpaired) electrons. The Morgan fingerprint density at radius 1 is 1.32 bits per heavy atom. The topological polar surface area (TPSA) is 59.3 Å². The van der Waals surface area contributed by atoms with Crippen molar-refractivity contribution in [2.75, 3.05) is 10.6 Å². The van der Waals surface area contributed by atoms with E-state index < -0.39 is 0 Å². The average Bonchev–Trinajstić information content (AvgIpc) is 2.93. The zero-order chi connectivity index (χ0) is 13.8. The van der Waals surface area contributed by atoms with E-state index in [1.165, 1.54) is 12.3 Å². The molecular weight excluding hydrogens is 334 g/mol. The molecule has 1 amide bonds. The molecule has 2 rings (SSSR count). The SMILES string of the molecule is O=C(CBr)Nc1ccc(Cl)cc1C(=O)c1ccco1. The van der Waals surface area contributed by atoms with Crippen molar-refractivity contribution in [1.29, 1.82) is 0 Å². The molecule has 4 nitrogen and oxygen atoms in total. The second-order valence-electron chi connectivity index (χ2n) is 3.68. The van der Waals surface area contributed by atoms with E-state index in [4.69, 9.17) is 16.0 Å². The first-order valence-corrected chi connectivity index (χ1v) is 6.85. The minimum atomic E-state index is -0.336. The molecule has 19 heavy (non-hydrogen) atoms. The van der Waals surface area contributed by atoms with Gasteiger partial charge in [-0.05, 0) is 30.3 Å². The Hall–Kier alpha value is -1.59. The number of carbonyl (C=O) groups excluding carboxylic acids is 2. The highest BCUT2D eigenvalue weighted by Crippen LogP contribution is 2.24. The molecular formula is C13H9BrClNO3. The third-order valence-electron chi connectivity index (χ3n) is 2.37. The molecule has 1 aromatic heterocycles. The van der Waals surface area contributed by atoms with Crippen LogP contribution in [0.2, 0.25) is 5.02 Å². The lowest BCUT2D eigenvalue weighted by Gasteiger charge is -2.09. The Labute approximate surface area is 122 Å². The van der Waals surface area contributed by atoms with Gasteiger partial charge in [0.1, 0.15) is 0 Å². The standard InChI is InChI=1S/C13H9BrClNO3/c14-7-12(17)16-10-4-3-8(15)6-9(10)13(18)11-2-1-5-19-11/h1-6H,7H2,(H,16,17). The van der Waals surface area contributed by atoms with E-state index in [2.05, 4.69) is 21.2 Å². The number of ketones is 1. The van der Waals surface area contributed by atoms with Crippen LogP contribution in [0.1, 0.15) is 16.1 Å². The van der Waals surface area contributed by atoms with Crippen LogP contribution in [0.5, 0.6) is 0 Å². The summed E-state index contributed by atoms with van der Waals surface area (Å²) < 4.78 is 5.06. The van der Waals surface area contributed by atoms with Crippen LogP contribution in [0.15, 0.2) is 41.0 Å². The molecule has 0 bridgehead atoms. The molecule has 1 aromatic carbocycles. The minimum Gasteiger partial charge on any atom is -0.461 e. The van der Waals surface area contributed by atoms with Gasteiger partial charge in [0.05, 0.1) is 22.8 Å².